The standard InChI is InChI=1S/C37H42BrN3O4S/c1-5-6-23-39-37(43)35(24-30-12-8-7-9-13-30)40(25-31-17-19-32(38)20-18-31)36(42)26-41(34-14-10-11-28(3)29(34)4)46(44,45)33-21-15-27(2)16-22-33/h7-22,35H,5-6,23-26H2,1-4H3,(H,39,43)/t35-/m1/s1. The SMILES string of the molecule is CCCCNC(=O)[C@@H](Cc1ccccc1)N(Cc1ccc(Br)cc1)C(=O)CN(c1cccc(C)c1C)S(=O)(=O)c1ccc(C)cc1. The molecule has 0 saturated carbocycles. The van der Waals surface area contributed by atoms with E-state index in [1.54, 1.807) is 36.4 Å². The van der Waals surface area contributed by atoms with Crippen molar-refractivity contribution in [3.05, 3.63) is 129 Å². The number of amides is 2. The highest BCUT2D eigenvalue weighted by molar-refractivity contribution is 9.10. The summed E-state index contributed by atoms with van der Waals surface area (Å²) in [6.45, 7) is 7.82. The minimum absolute atomic E-state index is 0.0874. The molecule has 4 aromatic carbocycles. The molecule has 1 N–H and O–H groups in total. The van der Waals surface area contributed by atoms with E-state index in [0.29, 0.717) is 12.2 Å². The van der Waals surface area contributed by atoms with Gasteiger partial charge in [0.15, 0.2) is 0 Å². The van der Waals surface area contributed by atoms with Crippen molar-refractivity contribution >= 4 is 43.5 Å². The smallest absolute Gasteiger partial charge is 0.264 e. The number of sulfonamides is 1. The van der Waals surface area contributed by atoms with Crippen LogP contribution in [0.5, 0.6) is 0 Å². The highest BCUT2D eigenvalue weighted by Gasteiger charge is 2.35. The number of carbonyl (C=O) groups is 2. The van der Waals surface area contributed by atoms with Gasteiger partial charge in [0.1, 0.15) is 12.6 Å². The fourth-order valence-electron chi connectivity index (χ4n) is 5.20. The van der Waals surface area contributed by atoms with Crippen LogP contribution in [-0.2, 0) is 32.6 Å². The first kappa shape index (κ1) is 34.9. The minimum atomic E-state index is -4.16. The third-order valence-corrected chi connectivity index (χ3v) is 10.4. The Hall–Kier alpha value is -3.95. The molecule has 4 aromatic rings. The number of unbranched alkanes of at least 4 members (excludes halogenated alkanes) is 1. The molecule has 242 valence electrons. The summed E-state index contributed by atoms with van der Waals surface area (Å²) in [7, 11) is -4.16. The maximum absolute atomic E-state index is 14.6. The van der Waals surface area contributed by atoms with E-state index in [2.05, 4.69) is 21.2 Å². The highest BCUT2D eigenvalue weighted by atomic mass is 79.9. The lowest BCUT2D eigenvalue weighted by atomic mass is 10.0. The molecule has 0 fully saturated rings. The molecule has 1 atom stereocenters. The van der Waals surface area contributed by atoms with Crippen molar-refractivity contribution in [3.63, 3.8) is 0 Å². The molecule has 0 aliphatic rings. The number of hydrogen-bond donors (Lipinski definition) is 1. The van der Waals surface area contributed by atoms with E-state index in [4.69, 9.17) is 0 Å². The van der Waals surface area contributed by atoms with Crippen LogP contribution in [0.3, 0.4) is 0 Å². The fourth-order valence-corrected chi connectivity index (χ4v) is 6.94. The second-order valence-electron chi connectivity index (χ2n) is 11.5. The number of anilines is 1. The normalized spacial score (nSPS) is 11.9. The number of nitrogens with one attached hydrogen (secondary N) is 1. The Morgan fingerprint density at radius 2 is 1.50 bits per heavy atom. The first-order chi connectivity index (χ1) is 22.0. The van der Waals surface area contributed by atoms with Gasteiger partial charge in [-0.3, -0.25) is 13.9 Å². The largest absolute Gasteiger partial charge is 0.354 e. The van der Waals surface area contributed by atoms with E-state index in [1.807, 2.05) is 88.4 Å². The monoisotopic (exact) mass is 703 g/mol. The summed E-state index contributed by atoms with van der Waals surface area (Å²) in [5, 5.41) is 3.02. The van der Waals surface area contributed by atoms with Crippen molar-refractivity contribution in [3.8, 4) is 0 Å². The molecule has 0 aliphatic heterocycles. The Balaban J connectivity index is 1.81. The predicted octanol–water partition coefficient (Wildman–Crippen LogP) is 7.13. The molecule has 0 saturated heterocycles. The van der Waals surface area contributed by atoms with Crippen LogP contribution < -0.4 is 9.62 Å². The number of aryl methyl sites for hydroxylation is 2. The van der Waals surface area contributed by atoms with Gasteiger partial charge in [-0.15, -0.1) is 0 Å². The van der Waals surface area contributed by atoms with Crippen LogP contribution in [0.25, 0.3) is 0 Å². The van der Waals surface area contributed by atoms with Crippen LogP contribution >= 0.6 is 15.9 Å². The van der Waals surface area contributed by atoms with Gasteiger partial charge in [0.25, 0.3) is 10.0 Å². The molecule has 7 nitrogen and oxygen atoms in total. The maximum atomic E-state index is 14.6. The van der Waals surface area contributed by atoms with E-state index in [1.165, 1.54) is 9.21 Å². The van der Waals surface area contributed by atoms with Gasteiger partial charge >= 0.3 is 0 Å². The van der Waals surface area contributed by atoms with Crippen molar-refractivity contribution in [2.45, 2.75) is 64.4 Å². The molecule has 0 aliphatic carbocycles. The third kappa shape index (κ3) is 8.85. The Kier molecular flexibility index (Phi) is 12.2. The zero-order chi connectivity index (χ0) is 33.3. The van der Waals surface area contributed by atoms with Crippen LogP contribution in [0.2, 0.25) is 0 Å². The molecular weight excluding hydrogens is 662 g/mol. The van der Waals surface area contributed by atoms with Crippen molar-refractivity contribution in [1.29, 1.82) is 0 Å². The molecule has 4 rings (SSSR count). The molecule has 9 heteroatoms. The van der Waals surface area contributed by atoms with Crippen LogP contribution in [0, 0.1) is 20.8 Å². The molecule has 0 spiro atoms. The minimum Gasteiger partial charge on any atom is -0.354 e. The first-order valence-corrected chi connectivity index (χ1v) is 17.8. The lowest BCUT2D eigenvalue weighted by Crippen LogP contribution is -2.53. The number of carbonyl (C=O) groups excluding carboxylic acids is 2. The third-order valence-electron chi connectivity index (χ3n) is 8.10. The predicted molar refractivity (Wildman–Crippen MR) is 188 cm³/mol. The van der Waals surface area contributed by atoms with Gasteiger partial charge in [0, 0.05) is 24.0 Å². The zero-order valence-corrected chi connectivity index (χ0v) is 29.3. The van der Waals surface area contributed by atoms with Crippen molar-refractivity contribution < 1.29 is 18.0 Å². The summed E-state index contributed by atoms with van der Waals surface area (Å²) in [4.78, 5) is 30.1. The van der Waals surface area contributed by atoms with E-state index in [0.717, 1.165) is 45.1 Å². The van der Waals surface area contributed by atoms with Crippen LogP contribution in [0.4, 0.5) is 5.69 Å². The Morgan fingerprint density at radius 1 is 0.826 bits per heavy atom. The van der Waals surface area contributed by atoms with Crippen molar-refractivity contribution in [2.24, 2.45) is 0 Å². The average molecular weight is 705 g/mol. The second kappa shape index (κ2) is 16.1. The average Bonchev–Trinajstić information content (AvgIpc) is 3.04. The van der Waals surface area contributed by atoms with Crippen molar-refractivity contribution in [2.75, 3.05) is 17.4 Å². The molecular formula is C37H42BrN3O4S. The first-order valence-electron chi connectivity index (χ1n) is 15.5. The summed E-state index contributed by atoms with van der Waals surface area (Å²) < 4.78 is 30.7. The van der Waals surface area contributed by atoms with E-state index in [-0.39, 0.29) is 23.8 Å². The van der Waals surface area contributed by atoms with Gasteiger partial charge in [0.2, 0.25) is 11.8 Å². The van der Waals surface area contributed by atoms with Crippen LogP contribution in [-0.4, -0.2) is 44.3 Å². The second-order valence-corrected chi connectivity index (χ2v) is 14.3. The summed E-state index contributed by atoms with van der Waals surface area (Å²) in [6, 6.07) is 28.3. The molecule has 0 radical (unpaired) electrons. The van der Waals surface area contributed by atoms with Gasteiger partial charge in [-0.1, -0.05) is 102 Å². The van der Waals surface area contributed by atoms with Crippen LogP contribution in [0.1, 0.15) is 47.6 Å². The topological polar surface area (TPSA) is 86.8 Å². The van der Waals surface area contributed by atoms with E-state index < -0.39 is 28.5 Å². The number of rotatable bonds is 14. The van der Waals surface area contributed by atoms with Gasteiger partial charge in [0.05, 0.1) is 10.6 Å². The molecule has 0 bridgehead atoms. The van der Waals surface area contributed by atoms with Gasteiger partial charge < -0.3 is 10.2 Å². The number of halogens is 1. The van der Waals surface area contributed by atoms with E-state index >= 15 is 0 Å². The van der Waals surface area contributed by atoms with Crippen molar-refractivity contribution in [1.82, 2.24) is 10.2 Å². The fraction of sp³-hybridized carbons (Fsp3) is 0.297. The quantitative estimate of drug-likeness (QED) is 0.142. The molecule has 0 unspecified atom stereocenters. The molecule has 0 heterocycles. The zero-order valence-electron chi connectivity index (χ0n) is 26.9. The van der Waals surface area contributed by atoms with Gasteiger partial charge in [-0.2, -0.15) is 0 Å². The number of benzene rings is 4. The number of nitrogens with zero attached hydrogens (tertiary/aromatic N) is 2. The molecule has 0 aromatic heterocycles. The van der Waals surface area contributed by atoms with Crippen LogP contribution in [0.15, 0.2) is 106 Å². The summed E-state index contributed by atoms with van der Waals surface area (Å²) in [5.74, 6) is -0.756. The van der Waals surface area contributed by atoms with Gasteiger partial charge in [-0.05, 0) is 79.8 Å². The maximum Gasteiger partial charge on any atom is 0.264 e. The number of hydrogen-bond acceptors (Lipinski definition) is 4. The summed E-state index contributed by atoms with van der Waals surface area (Å²) in [5.41, 5.74) is 4.71. The van der Waals surface area contributed by atoms with E-state index in [9.17, 15) is 18.0 Å². The Morgan fingerprint density at radius 3 is 2.15 bits per heavy atom. The Labute approximate surface area is 281 Å². The summed E-state index contributed by atoms with van der Waals surface area (Å²) in [6.07, 6.45) is 1.99. The highest BCUT2D eigenvalue weighted by Crippen LogP contribution is 2.29. The molecule has 46 heavy (non-hydrogen) atoms. The molecule has 2 amide bonds. The Bertz CT molecular complexity index is 1730. The lowest BCUT2D eigenvalue weighted by Gasteiger charge is -2.34. The summed E-state index contributed by atoms with van der Waals surface area (Å²) >= 11 is 3.47. The van der Waals surface area contributed by atoms with Gasteiger partial charge in [-0.25, -0.2) is 8.42 Å². The lowest BCUT2D eigenvalue weighted by molar-refractivity contribution is -0.140.